The smallest absolute Gasteiger partial charge is 0.0862 e. The molecule has 0 aromatic heterocycles. The van der Waals surface area contributed by atoms with Crippen molar-refractivity contribution in [2.24, 2.45) is 0 Å². The van der Waals surface area contributed by atoms with Crippen molar-refractivity contribution >= 4 is 0 Å². The van der Waals surface area contributed by atoms with Crippen LogP contribution in [0.25, 0.3) is 0 Å². The van der Waals surface area contributed by atoms with Gasteiger partial charge in [-0.1, -0.05) is 13.8 Å². The molecule has 3 heteroatoms. The van der Waals surface area contributed by atoms with Gasteiger partial charge < -0.3 is 10.1 Å². The Balaban J connectivity index is 2.47. The van der Waals surface area contributed by atoms with Gasteiger partial charge in [-0.25, -0.2) is 0 Å². The molecule has 1 unspecified atom stereocenters. The summed E-state index contributed by atoms with van der Waals surface area (Å²) in [5.41, 5.74) is 0. The Morgan fingerprint density at radius 2 is 2.00 bits per heavy atom. The fourth-order valence-corrected chi connectivity index (χ4v) is 1.94. The van der Waals surface area contributed by atoms with Crippen LogP contribution in [0.1, 0.15) is 13.8 Å². The summed E-state index contributed by atoms with van der Waals surface area (Å²) in [5.74, 6) is 0. The molecule has 1 rings (SSSR count). The number of hydrogen-bond acceptors (Lipinski definition) is 3. The van der Waals surface area contributed by atoms with E-state index in [0.29, 0.717) is 12.1 Å². The molecule has 2 atom stereocenters. The fourth-order valence-electron chi connectivity index (χ4n) is 1.94. The van der Waals surface area contributed by atoms with Crippen molar-refractivity contribution in [3.8, 4) is 0 Å². The maximum absolute atomic E-state index is 5.40. The second kappa shape index (κ2) is 4.80. The molecule has 1 heterocycles. The molecule has 1 saturated heterocycles. The Kier molecular flexibility index (Phi) is 3.98. The monoisotopic (exact) mass is 172 g/mol. The van der Waals surface area contributed by atoms with Crippen molar-refractivity contribution in [2.45, 2.75) is 26.0 Å². The maximum atomic E-state index is 5.40. The molecule has 0 spiro atoms. The van der Waals surface area contributed by atoms with Gasteiger partial charge in [0.1, 0.15) is 0 Å². The molecule has 1 N–H and O–H groups in total. The van der Waals surface area contributed by atoms with Gasteiger partial charge in [0.2, 0.25) is 0 Å². The first-order valence-electron chi connectivity index (χ1n) is 4.81. The lowest BCUT2D eigenvalue weighted by Gasteiger charge is -2.29. The summed E-state index contributed by atoms with van der Waals surface area (Å²) in [6, 6.07) is 0.574. The number of ether oxygens (including phenoxy) is 1. The summed E-state index contributed by atoms with van der Waals surface area (Å²) in [6.07, 6.45) is 0.380. The van der Waals surface area contributed by atoms with Gasteiger partial charge in [0, 0.05) is 26.2 Å². The zero-order valence-corrected chi connectivity index (χ0v) is 8.34. The van der Waals surface area contributed by atoms with Crippen LogP contribution in [0, 0.1) is 0 Å². The van der Waals surface area contributed by atoms with Crippen molar-refractivity contribution < 1.29 is 4.74 Å². The Bertz CT molecular complexity index is 126. The zero-order valence-electron chi connectivity index (χ0n) is 8.34. The van der Waals surface area contributed by atoms with Gasteiger partial charge in [-0.15, -0.1) is 0 Å². The molecule has 0 aliphatic carbocycles. The van der Waals surface area contributed by atoms with Gasteiger partial charge in [0.15, 0.2) is 0 Å². The van der Waals surface area contributed by atoms with Crippen LogP contribution in [-0.4, -0.2) is 50.3 Å². The molecule has 0 saturated carbocycles. The summed E-state index contributed by atoms with van der Waals surface area (Å²) in [5, 5.41) is 3.36. The first kappa shape index (κ1) is 9.96. The van der Waals surface area contributed by atoms with Gasteiger partial charge >= 0.3 is 0 Å². The largest absolute Gasteiger partial charge is 0.378 e. The van der Waals surface area contributed by atoms with Crippen molar-refractivity contribution in [2.75, 3.05) is 33.3 Å². The number of nitrogens with zero attached hydrogens (tertiary/aromatic N) is 1. The predicted octanol–water partition coefficient (Wildman–Crippen LogP) is 0.315. The molecule has 0 aromatic rings. The zero-order chi connectivity index (χ0) is 8.97. The highest BCUT2D eigenvalue weighted by molar-refractivity contribution is 4.88. The summed E-state index contributed by atoms with van der Waals surface area (Å²) in [4.78, 5) is 2.45. The van der Waals surface area contributed by atoms with E-state index in [1.165, 1.54) is 0 Å². The number of likely N-dealkylation sites (N-methyl/N-ethyl adjacent to an activating group) is 1. The highest BCUT2D eigenvalue weighted by Gasteiger charge is 2.30. The van der Waals surface area contributed by atoms with E-state index in [2.05, 4.69) is 24.1 Å². The summed E-state index contributed by atoms with van der Waals surface area (Å²) in [6.45, 7) is 8.70. The second-order valence-corrected chi connectivity index (χ2v) is 3.22. The van der Waals surface area contributed by atoms with Crippen LogP contribution >= 0.6 is 0 Å². The standard InChI is InChI=1S/C9H20N2O/c1-4-11(5-2)8-6-10-7-9(8)12-3/h8-10H,4-7H2,1-3H3/t8?,9-/m0/s1. The van der Waals surface area contributed by atoms with E-state index in [-0.39, 0.29) is 0 Å². The molecule has 1 aliphatic rings. The predicted molar refractivity (Wildman–Crippen MR) is 50.4 cm³/mol. The number of methoxy groups -OCH3 is 1. The molecular formula is C9H20N2O. The first-order chi connectivity index (χ1) is 5.83. The normalized spacial score (nSPS) is 30.0. The summed E-state index contributed by atoms with van der Waals surface area (Å²) in [7, 11) is 1.80. The van der Waals surface area contributed by atoms with E-state index in [1.54, 1.807) is 7.11 Å². The number of rotatable bonds is 4. The SMILES string of the molecule is CCN(CC)C1CNC[C@@H]1OC. The van der Waals surface area contributed by atoms with Gasteiger partial charge in [0.25, 0.3) is 0 Å². The van der Waals surface area contributed by atoms with E-state index < -0.39 is 0 Å². The average Bonchev–Trinajstić information content (AvgIpc) is 2.55. The lowest BCUT2D eigenvalue weighted by atomic mass is 10.2. The highest BCUT2D eigenvalue weighted by atomic mass is 16.5. The van der Waals surface area contributed by atoms with E-state index in [1.807, 2.05) is 0 Å². The second-order valence-electron chi connectivity index (χ2n) is 3.22. The number of nitrogens with one attached hydrogen (secondary N) is 1. The molecule has 1 fully saturated rings. The minimum atomic E-state index is 0.380. The Labute approximate surface area is 75.1 Å². The van der Waals surface area contributed by atoms with Crippen molar-refractivity contribution in [1.82, 2.24) is 10.2 Å². The topological polar surface area (TPSA) is 24.5 Å². The molecule has 0 radical (unpaired) electrons. The molecule has 12 heavy (non-hydrogen) atoms. The molecule has 0 bridgehead atoms. The molecule has 3 nitrogen and oxygen atoms in total. The Morgan fingerprint density at radius 3 is 2.50 bits per heavy atom. The molecule has 0 amide bonds. The Morgan fingerprint density at radius 1 is 1.33 bits per heavy atom. The number of hydrogen-bond donors (Lipinski definition) is 1. The first-order valence-corrected chi connectivity index (χ1v) is 4.81. The lowest BCUT2D eigenvalue weighted by molar-refractivity contribution is 0.0482. The molecular weight excluding hydrogens is 152 g/mol. The van der Waals surface area contributed by atoms with Crippen molar-refractivity contribution in [1.29, 1.82) is 0 Å². The fraction of sp³-hybridized carbons (Fsp3) is 1.00. The third kappa shape index (κ3) is 1.97. The maximum Gasteiger partial charge on any atom is 0.0862 e. The van der Waals surface area contributed by atoms with Crippen LogP contribution in [0.3, 0.4) is 0 Å². The molecule has 1 aliphatic heterocycles. The van der Waals surface area contributed by atoms with Crippen molar-refractivity contribution in [3.05, 3.63) is 0 Å². The highest BCUT2D eigenvalue weighted by Crippen LogP contribution is 2.11. The van der Waals surface area contributed by atoms with Gasteiger partial charge in [0.05, 0.1) is 6.10 Å². The van der Waals surface area contributed by atoms with Crippen LogP contribution in [0.2, 0.25) is 0 Å². The van der Waals surface area contributed by atoms with Gasteiger partial charge in [-0.3, -0.25) is 4.90 Å². The van der Waals surface area contributed by atoms with E-state index in [4.69, 9.17) is 4.74 Å². The van der Waals surface area contributed by atoms with Crippen LogP contribution < -0.4 is 5.32 Å². The molecule has 0 aromatic carbocycles. The van der Waals surface area contributed by atoms with Crippen LogP contribution in [0.15, 0.2) is 0 Å². The Hall–Kier alpha value is -0.120. The van der Waals surface area contributed by atoms with E-state index >= 15 is 0 Å². The third-order valence-electron chi connectivity index (χ3n) is 2.71. The van der Waals surface area contributed by atoms with E-state index in [0.717, 1.165) is 26.2 Å². The molecule has 72 valence electrons. The van der Waals surface area contributed by atoms with Crippen LogP contribution in [0.4, 0.5) is 0 Å². The van der Waals surface area contributed by atoms with Gasteiger partial charge in [-0.2, -0.15) is 0 Å². The summed E-state index contributed by atoms with van der Waals surface area (Å²) >= 11 is 0. The van der Waals surface area contributed by atoms with Crippen molar-refractivity contribution in [3.63, 3.8) is 0 Å². The quantitative estimate of drug-likeness (QED) is 0.661. The van der Waals surface area contributed by atoms with E-state index in [9.17, 15) is 0 Å². The minimum Gasteiger partial charge on any atom is -0.378 e. The van der Waals surface area contributed by atoms with Crippen LogP contribution in [0.5, 0.6) is 0 Å². The minimum absolute atomic E-state index is 0.380. The van der Waals surface area contributed by atoms with Gasteiger partial charge in [-0.05, 0) is 13.1 Å². The third-order valence-corrected chi connectivity index (χ3v) is 2.71. The van der Waals surface area contributed by atoms with Crippen LogP contribution in [-0.2, 0) is 4.74 Å². The summed E-state index contributed by atoms with van der Waals surface area (Å²) < 4.78 is 5.40. The lowest BCUT2D eigenvalue weighted by Crippen LogP contribution is -2.43. The average molecular weight is 172 g/mol.